The standard InChI is InChI=1S/C18H17FN4O2S2/c1-25-13-6-4-5-12(11-13)20-17-22-23-18(27-17)26-10-9-16(24)21-15-8-3-2-7-14(15)19/h2-8,11H,9-10H2,1H3,(H,20,22)(H,21,24). The summed E-state index contributed by atoms with van der Waals surface area (Å²) in [6.45, 7) is 0. The van der Waals surface area contributed by atoms with Crippen LogP contribution in [0.4, 0.5) is 20.9 Å². The van der Waals surface area contributed by atoms with Crippen molar-refractivity contribution < 1.29 is 13.9 Å². The van der Waals surface area contributed by atoms with Gasteiger partial charge in [0.05, 0.1) is 12.8 Å². The molecular weight excluding hydrogens is 387 g/mol. The lowest BCUT2D eigenvalue weighted by molar-refractivity contribution is -0.115. The quantitative estimate of drug-likeness (QED) is 0.537. The number of thioether (sulfide) groups is 1. The highest BCUT2D eigenvalue weighted by molar-refractivity contribution is 8.01. The predicted molar refractivity (Wildman–Crippen MR) is 107 cm³/mol. The Balaban J connectivity index is 1.46. The van der Waals surface area contributed by atoms with Crippen LogP contribution in [0, 0.1) is 5.82 Å². The van der Waals surface area contributed by atoms with Crippen molar-refractivity contribution in [3.05, 3.63) is 54.3 Å². The summed E-state index contributed by atoms with van der Waals surface area (Å²) in [5.41, 5.74) is 1.04. The van der Waals surface area contributed by atoms with Crippen LogP contribution in [0.2, 0.25) is 0 Å². The van der Waals surface area contributed by atoms with Crippen molar-refractivity contribution in [2.45, 2.75) is 10.8 Å². The fourth-order valence-corrected chi connectivity index (χ4v) is 3.93. The minimum absolute atomic E-state index is 0.188. The van der Waals surface area contributed by atoms with Crippen molar-refractivity contribution in [3.8, 4) is 5.75 Å². The lowest BCUT2D eigenvalue weighted by atomic mass is 10.3. The Labute approximate surface area is 164 Å². The van der Waals surface area contributed by atoms with Crippen LogP contribution in [0.15, 0.2) is 52.9 Å². The molecule has 1 amide bonds. The molecule has 0 aliphatic heterocycles. The summed E-state index contributed by atoms with van der Waals surface area (Å²) < 4.78 is 19.4. The zero-order chi connectivity index (χ0) is 19.1. The van der Waals surface area contributed by atoms with Crippen LogP contribution in [0.1, 0.15) is 6.42 Å². The molecule has 2 aromatic carbocycles. The molecular formula is C18H17FN4O2S2. The molecule has 0 aliphatic carbocycles. The van der Waals surface area contributed by atoms with Gasteiger partial charge in [0.15, 0.2) is 4.34 Å². The predicted octanol–water partition coefficient (Wildman–Crippen LogP) is 4.55. The van der Waals surface area contributed by atoms with Gasteiger partial charge in [0, 0.05) is 23.9 Å². The van der Waals surface area contributed by atoms with E-state index >= 15 is 0 Å². The van der Waals surface area contributed by atoms with E-state index in [9.17, 15) is 9.18 Å². The van der Waals surface area contributed by atoms with E-state index in [0.717, 1.165) is 15.8 Å². The van der Waals surface area contributed by atoms with Gasteiger partial charge in [0.25, 0.3) is 0 Å². The summed E-state index contributed by atoms with van der Waals surface area (Å²) in [6.07, 6.45) is 0.247. The van der Waals surface area contributed by atoms with Gasteiger partial charge in [-0.05, 0) is 24.3 Å². The molecule has 27 heavy (non-hydrogen) atoms. The lowest BCUT2D eigenvalue weighted by Crippen LogP contribution is -2.13. The monoisotopic (exact) mass is 404 g/mol. The number of aromatic nitrogens is 2. The number of carbonyl (C=O) groups excluding carboxylic acids is 1. The highest BCUT2D eigenvalue weighted by Crippen LogP contribution is 2.29. The summed E-state index contributed by atoms with van der Waals surface area (Å²) >= 11 is 2.82. The molecule has 0 aliphatic rings. The maximum absolute atomic E-state index is 13.5. The number of rotatable bonds is 8. The number of halogens is 1. The van der Waals surface area contributed by atoms with Crippen LogP contribution in [-0.2, 0) is 4.79 Å². The number of nitrogens with zero attached hydrogens (tertiary/aromatic N) is 2. The first kappa shape index (κ1) is 19.1. The van der Waals surface area contributed by atoms with Crippen LogP contribution in [0.5, 0.6) is 5.75 Å². The Morgan fingerprint density at radius 1 is 1.22 bits per heavy atom. The van der Waals surface area contributed by atoms with E-state index in [4.69, 9.17) is 4.74 Å². The number of nitrogens with one attached hydrogen (secondary N) is 2. The van der Waals surface area contributed by atoms with Gasteiger partial charge >= 0.3 is 0 Å². The van der Waals surface area contributed by atoms with Crippen LogP contribution >= 0.6 is 23.1 Å². The summed E-state index contributed by atoms with van der Waals surface area (Å²) in [4.78, 5) is 11.9. The maximum atomic E-state index is 13.5. The number of hydrogen-bond acceptors (Lipinski definition) is 7. The molecule has 1 heterocycles. The Hall–Kier alpha value is -2.65. The molecule has 140 valence electrons. The third-order valence-electron chi connectivity index (χ3n) is 3.43. The minimum atomic E-state index is -0.448. The Bertz CT molecular complexity index is 920. The number of amides is 1. The molecule has 1 aromatic heterocycles. The summed E-state index contributed by atoms with van der Waals surface area (Å²) in [5, 5.41) is 14.6. The first-order valence-electron chi connectivity index (χ1n) is 8.06. The molecule has 3 rings (SSSR count). The van der Waals surface area contributed by atoms with Crippen molar-refractivity contribution >= 4 is 45.5 Å². The molecule has 0 fully saturated rings. The van der Waals surface area contributed by atoms with Crippen molar-refractivity contribution in [3.63, 3.8) is 0 Å². The highest BCUT2D eigenvalue weighted by atomic mass is 32.2. The normalized spacial score (nSPS) is 10.4. The molecule has 6 nitrogen and oxygen atoms in total. The molecule has 2 N–H and O–H groups in total. The van der Waals surface area contributed by atoms with E-state index < -0.39 is 5.82 Å². The number of ether oxygens (including phenoxy) is 1. The molecule has 0 atom stereocenters. The van der Waals surface area contributed by atoms with Crippen molar-refractivity contribution in [1.29, 1.82) is 0 Å². The van der Waals surface area contributed by atoms with Gasteiger partial charge in [-0.15, -0.1) is 10.2 Å². The van der Waals surface area contributed by atoms with Gasteiger partial charge < -0.3 is 15.4 Å². The third-order valence-corrected chi connectivity index (χ3v) is 5.40. The topological polar surface area (TPSA) is 76.1 Å². The molecule has 9 heteroatoms. The second-order valence-electron chi connectivity index (χ2n) is 5.36. The van der Waals surface area contributed by atoms with Crippen molar-refractivity contribution in [2.75, 3.05) is 23.5 Å². The van der Waals surface area contributed by atoms with Gasteiger partial charge in [0.1, 0.15) is 11.6 Å². The minimum Gasteiger partial charge on any atom is -0.497 e. The van der Waals surface area contributed by atoms with Crippen molar-refractivity contribution in [1.82, 2.24) is 10.2 Å². The highest BCUT2D eigenvalue weighted by Gasteiger charge is 2.09. The lowest BCUT2D eigenvalue weighted by Gasteiger charge is -2.05. The van der Waals surface area contributed by atoms with E-state index in [2.05, 4.69) is 20.8 Å². The van der Waals surface area contributed by atoms with Gasteiger partial charge in [-0.2, -0.15) is 0 Å². The molecule has 0 saturated carbocycles. The fraction of sp³-hybridized carbons (Fsp3) is 0.167. The molecule has 3 aromatic rings. The average molecular weight is 404 g/mol. The van der Waals surface area contributed by atoms with E-state index in [-0.39, 0.29) is 18.0 Å². The smallest absolute Gasteiger partial charge is 0.225 e. The largest absolute Gasteiger partial charge is 0.497 e. The number of para-hydroxylation sites is 1. The number of benzene rings is 2. The van der Waals surface area contributed by atoms with Gasteiger partial charge in [0.2, 0.25) is 11.0 Å². The van der Waals surface area contributed by atoms with Crippen LogP contribution in [0.25, 0.3) is 0 Å². The van der Waals surface area contributed by atoms with Crippen LogP contribution < -0.4 is 15.4 Å². The number of anilines is 3. The van der Waals surface area contributed by atoms with Crippen LogP contribution in [-0.4, -0.2) is 29.0 Å². The Morgan fingerprint density at radius 2 is 2.07 bits per heavy atom. The Morgan fingerprint density at radius 3 is 2.89 bits per heavy atom. The second-order valence-corrected chi connectivity index (χ2v) is 7.68. The summed E-state index contributed by atoms with van der Waals surface area (Å²) in [7, 11) is 1.61. The molecule has 0 radical (unpaired) electrons. The number of hydrogen-bond donors (Lipinski definition) is 2. The van der Waals surface area contributed by atoms with E-state index in [1.165, 1.54) is 35.2 Å². The van der Waals surface area contributed by atoms with Gasteiger partial charge in [-0.25, -0.2) is 4.39 Å². The van der Waals surface area contributed by atoms with Gasteiger partial charge in [-0.3, -0.25) is 4.79 Å². The zero-order valence-electron chi connectivity index (χ0n) is 14.4. The molecule has 0 spiro atoms. The second kappa shape index (κ2) is 9.33. The maximum Gasteiger partial charge on any atom is 0.225 e. The molecule has 0 saturated heterocycles. The first-order valence-corrected chi connectivity index (χ1v) is 9.86. The summed E-state index contributed by atoms with van der Waals surface area (Å²) in [5.74, 6) is 0.580. The fourth-order valence-electron chi connectivity index (χ4n) is 2.15. The first-order chi connectivity index (χ1) is 13.1. The summed E-state index contributed by atoms with van der Waals surface area (Å²) in [6, 6.07) is 13.6. The van der Waals surface area contributed by atoms with Gasteiger partial charge in [-0.1, -0.05) is 41.3 Å². The Kier molecular flexibility index (Phi) is 6.61. The van der Waals surface area contributed by atoms with E-state index in [1.54, 1.807) is 19.2 Å². The van der Waals surface area contributed by atoms with E-state index in [0.29, 0.717) is 10.9 Å². The third kappa shape index (κ3) is 5.66. The number of carbonyl (C=O) groups is 1. The molecule has 0 unspecified atom stereocenters. The van der Waals surface area contributed by atoms with Crippen LogP contribution in [0.3, 0.4) is 0 Å². The molecule has 0 bridgehead atoms. The number of methoxy groups -OCH3 is 1. The average Bonchev–Trinajstić information content (AvgIpc) is 3.11. The SMILES string of the molecule is COc1cccc(Nc2nnc(SCCC(=O)Nc3ccccc3F)s2)c1. The van der Waals surface area contributed by atoms with E-state index in [1.807, 2.05) is 24.3 Å². The van der Waals surface area contributed by atoms with Crippen molar-refractivity contribution in [2.24, 2.45) is 0 Å². The zero-order valence-corrected chi connectivity index (χ0v) is 16.1.